The maximum Gasteiger partial charge on any atom is 0.259 e. The van der Waals surface area contributed by atoms with Gasteiger partial charge < -0.3 is 5.11 Å². The molecule has 0 unspecified atom stereocenters. The molecule has 0 atom stereocenters. The molecule has 100 valence electrons. The molecule has 0 bridgehead atoms. The molecule has 0 saturated heterocycles. The Morgan fingerprint density at radius 1 is 1.30 bits per heavy atom. The molecule has 0 aliphatic heterocycles. The zero-order valence-electron chi connectivity index (χ0n) is 10.2. The van der Waals surface area contributed by atoms with Crippen molar-refractivity contribution in [3.8, 4) is 5.75 Å². The summed E-state index contributed by atoms with van der Waals surface area (Å²) >= 11 is 3.49. The van der Waals surface area contributed by atoms with Gasteiger partial charge in [-0.15, -0.1) is 11.3 Å². The number of hydrogen-bond donors (Lipinski definition) is 1. The normalized spacial score (nSPS) is 11.4. The van der Waals surface area contributed by atoms with Gasteiger partial charge in [0.15, 0.2) is 4.96 Å². The van der Waals surface area contributed by atoms with Crippen LogP contribution in [0.2, 0.25) is 0 Å². The third kappa shape index (κ3) is 2.61. The fourth-order valence-electron chi connectivity index (χ4n) is 1.75. The Morgan fingerprint density at radius 3 is 2.95 bits per heavy atom. The maximum absolute atomic E-state index is 11.8. The average Bonchev–Trinajstić information content (AvgIpc) is 2.89. The Balaban J connectivity index is 1.97. The molecule has 0 amide bonds. The first kappa shape index (κ1) is 13.3. The Hall–Kier alpha value is -1.67. The van der Waals surface area contributed by atoms with Crippen LogP contribution >= 0.6 is 33.9 Å². The van der Waals surface area contributed by atoms with Crippen molar-refractivity contribution in [2.24, 2.45) is 0 Å². The van der Waals surface area contributed by atoms with Crippen LogP contribution in [0.5, 0.6) is 5.75 Å². The van der Waals surface area contributed by atoms with Gasteiger partial charge in [-0.1, -0.05) is 12.1 Å². The molecule has 0 radical (unpaired) electrons. The molecule has 0 saturated carbocycles. The van der Waals surface area contributed by atoms with Gasteiger partial charge in [-0.2, -0.15) is 0 Å². The van der Waals surface area contributed by atoms with Crippen LogP contribution < -0.4 is 5.56 Å². The van der Waals surface area contributed by atoms with E-state index in [4.69, 9.17) is 0 Å². The first-order valence-electron chi connectivity index (χ1n) is 5.77. The van der Waals surface area contributed by atoms with E-state index < -0.39 is 0 Å². The van der Waals surface area contributed by atoms with Gasteiger partial charge >= 0.3 is 0 Å². The van der Waals surface area contributed by atoms with Gasteiger partial charge in [-0.3, -0.25) is 9.20 Å². The van der Waals surface area contributed by atoms with E-state index in [1.165, 1.54) is 21.8 Å². The van der Waals surface area contributed by atoms with Crippen molar-refractivity contribution in [3.05, 3.63) is 61.0 Å². The van der Waals surface area contributed by atoms with Crippen molar-refractivity contribution in [2.75, 3.05) is 0 Å². The van der Waals surface area contributed by atoms with Crippen molar-refractivity contribution < 1.29 is 5.11 Å². The highest BCUT2D eigenvalue weighted by Gasteiger charge is 2.01. The van der Waals surface area contributed by atoms with Gasteiger partial charge in [0.25, 0.3) is 5.56 Å². The van der Waals surface area contributed by atoms with E-state index in [2.05, 4.69) is 27.6 Å². The first-order chi connectivity index (χ1) is 9.63. The predicted molar refractivity (Wildman–Crippen MR) is 89.1 cm³/mol. The predicted octanol–water partition coefficient (Wildman–Crippen LogP) is 3.24. The minimum absolute atomic E-state index is 0.0869. The number of hydrogen-bond acceptors (Lipinski definition) is 4. The Kier molecular flexibility index (Phi) is 3.58. The summed E-state index contributed by atoms with van der Waals surface area (Å²) in [6.07, 6.45) is 5.38. The lowest BCUT2D eigenvalue weighted by Gasteiger charge is -1.98. The third-order valence-electron chi connectivity index (χ3n) is 2.74. The van der Waals surface area contributed by atoms with Gasteiger partial charge in [0.05, 0.1) is 9.26 Å². The number of aromatic nitrogens is 2. The zero-order chi connectivity index (χ0) is 14.1. The van der Waals surface area contributed by atoms with E-state index in [9.17, 15) is 9.90 Å². The van der Waals surface area contributed by atoms with Gasteiger partial charge in [-0.05, 0) is 46.4 Å². The van der Waals surface area contributed by atoms with Crippen LogP contribution in [-0.2, 0) is 0 Å². The molecule has 20 heavy (non-hydrogen) atoms. The lowest BCUT2D eigenvalue weighted by Crippen LogP contribution is -2.11. The Morgan fingerprint density at radius 2 is 2.15 bits per heavy atom. The molecule has 0 fully saturated rings. The molecule has 3 aromatic rings. The van der Waals surface area contributed by atoms with E-state index in [0.29, 0.717) is 10.7 Å². The topological polar surface area (TPSA) is 54.6 Å². The van der Waals surface area contributed by atoms with Crippen molar-refractivity contribution in [2.45, 2.75) is 0 Å². The summed E-state index contributed by atoms with van der Waals surface area (Å²) in [6, 6.07) is 6.82. The van der Waals surface area contributed by atoms with Gasteiger partial charge in [0.2, 0.25) is 0 Å². The standard InChI is InChI=1S/C14H9IN2O2S/c15-11-7-9(2-4-12(11)18)1-3-10-8-13(19)17-5-6-20-14(17)16-10/h1-8,18H. The minimum Gasteiger partial charge on any atom is -0.507 e. The fraction of sp³-hybridized carbons (Fsp3) is 0. The molecule has 2 aromatic heterocycles. The number of benzene rings is 1. The van der Waals surface area contributed by atoms with E-state index in [0.717, 1.165) is 9.13 Å². The highest BCUT2D eigenvalue weighted by Crippen LogP contribution is 2.21. The second-order valence-corrected chi connectivity index (χ2v) is 6.15. The van der Waals surface area contributed by atoms with E-state index in [-0.39, 0.29) is 11.3 Å². The lowest BCUT2D eigenvalue weighted by molar-refractivity contribution is 0.471. The van der Waals surface area contributed by atoms with Crippen LogP contribution in [0.4, 0.5) is 0 Å². The van der Waals surface area contributed by atoms with Crippen LogP contribution in [0.15, 0.2) is 40.6 Å². The van der Waals surface area contributed by atoms with Gasteiger partial charge in [0.1, 0.15) is 5.75 Å². The zero-order valence-corrected chi connectivity index (χ0v) is 13.1. The number of halogens is 1. The van der Waals surface area contributed by atoms with E-state index >= 15 is 0 Å². The molecule has 1 N–H and O–H groups in total. The summed E-state index contributed by atoms with van der Waals surface area (Å²) < 4.78 is 2.30. The fourth-order valence-corrected chi connectivity index (χ4v) is 3.02. The minimum atomic E-state index is -0.0869. The summed E-state index contributed by atoms with van der Waals surface area (Å²) in [5.41, 5.74) is 1.48. The van der Waals surface area contributed by atoms with Crippen molar-refractivity contribution in [1.29, 1.82) is 0 Å². The highest BCUT2D eigenvalue weighted by molar-refractivity contribution is 14.1. The van der Waals surface area contributed by atoms with Crippen LogP contribution in [0.25, 0.3) is 17.1 Å². The molecule has 2 heterocycles. The molecular formula is C14H9IN2O2S. The molecule has 6 heteroatoms. The van der Waals surface area contributed by atoms with E-state index in [1.807, 2.05) is 23.6 Å². The summed E-state index contributed by atoms with van der Waals surface area (Å²) in [4.78, 5) is 16.9. The molecule has 0 spiro atoms. The summed E-state index contributed by atoms with van der Waals surface area (Å²) in [7, 11) is 0. The van der Waals surface area contributed by atoms with Crippen LogP contribution in [-0.4, -0.2) is 14.5 Å². The van der Waals surface area contributed by atoms with E-state index in [1.54, 1.807) is 18.3 Å². The number of phenolic OH excluding ortho intramolecular Hbond substituents is 1. The van der Waals surface area contributed by atoms with Crippen LogP contribution in [0.3, 0.4) is 0 Å². The Bertz CT molecular complexity index is 867. The Labute approximate surface area is 132 Å². The quantitative estimate of drug-likeness (QED) is 0.677. The summed E-state index contributed by atoms with van der Waals surface area (Å²) in [6.45, 7) is 0. The molecule has 0 aliphatic rings. The maximum atomic E-state index is 11.8. The number of rotatable bonds is 2. The van der Waals surface area contributed by atoms with Crippen molar-refractivity contribution in [3.63, 3.8) is 0 Å². The highest BCUT2D eigenvalue weighted by atomic mass is 127. The van der Waals surface area contributed by atoms with Gasteiger partial charge in [0, 0.05) is 17.6 Å². The number of phenols is 1. The van der Waals surface area contributed by atoms with Crippen LogP contribution in [0, 0.1) is 3.57 Å². The molecule has 3 rings (SSSR count). The second kappa shape index (κ2) is 5.37. The number of aromatic hydroxyl groups is 1. The summed E-state index contributed by atoms with van der Waals surface area (Å²) in [5.74, 6) is 0.263. The monoisotopic (exact) mass is 396 g/mol. The number of nitrogens with zero attached hydrogens (tertiary/aromatic N) is 2. The third-order valence-corrected chi connectivity index (χ3v) is 4.36. The molecular weight excluding hydrogens is 387 g/mol. The largest absolute Gasteiger partial charge is 0.507 e. The smallest absolute Gasteiger partial charge is 0.259 e. The molecule has 4 nitrogen and oxygen atoms in total. The van der Waals surface area contributed by atoms with Crippen molar-refractivity contribution >= 4 is 51.0 Å². The second-order valence-electron chi connectivity index (χ2n) is 4.12. The average molecular weight is 396 g/mol. The SMILES string of the molecule is O=c1cc(C=Cc2ccc(O)c(I)c2)nc2sccn12. The molecule has 0 aliphatic carbocycles. The van der Waals surface area contributed by atoms with Crippen molar-refractivity contribution in [1.82, 2.24) is 9.38 Å². The molecule has 1 aromatic carbocycles. The number of thiazole rings is 1. The van der Waals surface area contributed by atoms with Crippen LogP contribution in [0.1, 0.15) is 11.3 Å². The number of fused-ring (bicyclic) bond motifs is 1. The lowest BCUT2D eigenvalue weighted by atomic mass is 10.2. The first-order valence-corrected chi connectivity index (χ1v) is 7.73. The van der Waals surface area contributed by atoms with Gasteiger partial charge in [-0.25, -0.2) is 4.98 Å². The summed E-state index contributed by atoms with van der Waals surface area (Å²) in [5, 5.41) is 11.3.